The Kier molecular flexibility index (Phi) is 5.03. The first-order valence-electron chi connectivity index (χ1n) is 8.22. The number of methoxy groups -OCH3 is 2. The predicted octanol–water partition coefficient (Wildman–Crippen LogP) is 3.30. The summed E-state index contributed by atoms with van der Waals surface area (Å²) in [5.41, 5.74) is 2.06. The lowest BCUT2D eigenvalue weighted by molar-refractivity contribution is -0.131. The van der Waals surface area contributed by atoms with Gasteiger partial charge in [0.15, 0.2) is 11.5 Å². The number of hydrogen-bond donors (Lipinski definition) is 0. The molecule has 0 saturated heterocycles. The van der Waals surface area contributed by atoms with E-state index in [1.54, 1.807) is 27.5 Å². The number of benzene rings is 2. The molecule has 1 unspecified atom stereocenters. The summed E-state index contributed by atoms with van der Waals surface area (Å²) in [5.74, 6) is 1.67. The third kappa shape index (κ3) is 3.82. The number of rotatable bonds is 6. The standard InChI is InChI=1S/C20H22N2O3/c1-22(20(23)17-12-16(17)15-7-5-4-6-8-15)21-13-14-9-10-18(24-2)19(11-14)25-3/h4-11,13,16-17H,12H2,1-3H3/t16?,17-/m0/s1. The van der Waals surface area contributed by atoms with Crippen LogP contribution in [0.5, 0.6) is 11.5 Å². The van der Waals surface area contributed by atoms with Crippen LogP contribution in [0.3, 0.4) is 0 Å². The van der Waals surface area contributed by atoms with Crippen LogP contribution in [0.15, 0.2) is 53.6 Å². The molecule has 0 bridgehead atoms. The smallest absolute Gasteiger partial charge is 0.246 e. The lowest BCUT2D eigenvalue weighted by atomic mass is 10.1. The molecule has 130 valence electrons. The van der Waals surface area contributed by atoms with Crippen molar-refractivity contribution in [2.75, 3.05) is 21.3 Å². The van der Waals surface area contributed by atoms with Crippen molar-refractivity contribution in [1.29, 1.82) is 0 Å². The van der Waals surface area contributed by atoms with E-state index in [1.807, 2.05) is 36.4 Å². The van der Waals surface area contributed by atoms with E-state index in [9.17, 15) is 4.79 Å². The maximum Gasteiger partial charge on any atom is 0.246 e. The largest absolute Gasteiger partial charge is 0.493 e. The maximum atomic E-state index is 12.5. The second kappa shape index (κ2) is 7.38. The second-order valence-electron chi connectivity index (χ2n) is 6.08. The summed E-state index contributed by atoms with van der Waals surface area (Å²) >= 11 is 0. The van der Waals surface area contributed by atoms with Gasteiger partial charge in [0.05, 0.1) is 20.4 Å². The Bertz CT molecular complexity index is 774. The quantitative estimate of drug-likeness (QED) is 0.600. The summed E-state index contributed by atoms with van der Waals surface area (Å²) in [6, 6.07) is 15.7. The summed E-state index contributed by atoms with van der Waals surface area (Å²) in [5, 5.41) is 5.70. The topological polar surface area (TPSA) is 51.1 Å². The summed E-state index contributed by atoms with van der Waals surface area (Å²) in [4.78, 5) is 12.5. The highest BCUT2D eigenvalue weighted by Gasteiger charge is 2.45. The van der Waals surface area contributed by atoms with E-state index >= 15 is 0 Å². The third-order valence-electron chi connectivity index (χ3n) is 4.44. The van der Waals surface area contributed by atoms with Gasteiger partial charge in [-0.05, 0) is 41.7 Å². The van der Waals surface area contributed by atoms with Gasteiger partial charge in [0.2, 0.25) is 5.91 Å². The molecule has 2 atom stereocenters. The molecule has 1 fully saturated rings. The average Bonchev–Trinajstić information content (AvgIpc) is 3.46. The maximum absolute atomic E-state index is 12.5. The zero-order valence-corrected chi connectivity index (χ0v) is 14.7. The Morgan fingerprint density at radius 3 is 2.52 bits per heavy atom. The molecule has 1 amide bonds. The van der Waals surface area contributed by atoms with E-state index < -0.39 is 0 Å². The molecular weight excluding hydrogens is 316 g/mol. The SMILES string of the molecule is COc1ccc(C=NN(C)C(=O)[C@H]2CC2c2ccccc2)cc1OC. The van der Waals surface area contributed by atoms with Crippen LogP contribution in [-0.4, -0.2) is 38.4 Å². The minimum absolute atomic E-state index is 0.0231. The molecule has 0 heterocycles. The van der Waals surface area contributed by atoms with E-state index in [0.717, 1.165) is 12.0 Å². The molecule has 0 spiro atoms. The molecule has 1 saturated carbocycles. The first-order chi connectivity index (χ1) is 12.1. The van der Waals surface area contributed by atoms with Crippen molar-refractivity contribution >= 4 is 12.1 Å². The Morgan fingerprint density at radius 2 is 1.84 bits per heavy atom. The van der Waals surface area contributed by atoms with Gasteiger partial charge < -0.3 is 9.47 Å². The molecule has 5 heteroatoms. The Labute approximate surface area is 147 Å². The number of hydrazone groups is 1. The second-order valence-corrected chi connectivity index (χ2v) is 6.08. The molecule has 0 aliphatic heterocycles. The fourth-order valence-corrected chi connectivity index (χ4v) is 2.92. The Balaban J connectivity index is 1.63. The van der Waals surface area contributed by atoms with E-state index in [2.05, 4.69) is 17.2 Å². The third-order valence-corrected chi connectivity index (χ3v) is 4.44. The Hall–Kier alpha value is -2.82. The predicted molar refractivity (Wildman–Crippen MR) is 97.2 cm³/mol. The monoisotopic (exact) mass is 338 g/mol. The van der Waals surface area contributed by atoms with Gasteiger partial charge in [-0.25, -0.2) is 5.01 Å². The summed E-state index contributed by atoms with van der Waals surface area (Å²) < 4.78 is 10.5. The van der Waals surface area contributed by atoms with Crippen LogP contribution in [0.25, 0.3) is 0 Å². The van der Waals surface area contributed by atoms with Crippen molar-refractivity contribution in [2.45, 2.75) is 12.3 Å². The fourth-order valence-electron chi connectivity index (χ4n) is 2.92. The summed E-state index contributed by atoms with van der Waals surface area (Å²) in [7, 11) is 4.88. The number of carbonyl (C=O) groups is 1. The van der Waals surface area contributed by atoms with Crippen molar-refractivity contribution in [3.8, 4) is 11.5 Å². The highest BCUT2D eigenvalue weighted by Crippen LogP contribution is 2.48. The van der Waals surface area contributed by atoms with Gasteiger partial charge in [-0.2, -0.15) is 5.10 Å². The fraction of sp³-hybridized carbons (Fsp3) is 0.300. The lowest BCUT2D eigenvalue weighted by Gasteiger charge is -2.11. The Morgan fingerprint density at radius 1 is 1.12 bits per heavy atom. The molecule has 2 aromatic carbocycles. The number of amides is 1. The molecule has 5 nitrogen and oxygen atoms in total. The summed E-state index contributed by atoms with van der Waals surface area (Å²) in [6.45, 7) is 0. The van der Waals surface area contributed by atoms with Crippen LogP contribution in [0.2, 0.25) is 0 Å². The zero-order chi connectivity index (χ0) is 17.8. The minimum atomic E-state index is 0.0231. The normalized spacial score (nSPS) is 18.8. The van der Waals surface area contributed by atoms with E-state index in [0.29, 0.717) is 17.4 Å². The molecule has 3 rings (SSSR count). The zero-order valence-electron chi connectivity index (χ0n) is 14.7. The van der Waals surface area contributed by atoms with Gasteiger partial charge in [0.1, 0.15) is 0 Å². The molecule has 0 aromatic heterocycles. The molecule has 0 N–H and O–H groups in total. The van der Waals surface area contributed by atoms with Crippen LogP contribution >= 0.6 is 0 Å². The van der Waals surface area contributed by atoms with Crippen LogP contribution in [0.4, 0.5) is 0 Å². The number of hydrogen-bond acceptors (Lipinski definition) is 4. The van der Waals surface area contributed by atoms with Gasteiger partial charge in [-0.3, -0.25) is 4.79 Å². The van der Waals surface area contributed by atoms with Crippen molar-refractivity contribution in [3.05, 3.63) is 59.7 Å². The van der Waals surface area contributed by atoms with E-state index in [1.165, 1.54) is 10.6 Å². The average molecular weight is 338 g/mol. The first kappa shape index (κ1) is 17.0. The first-order valence-corrected chi connectivity index (χ1v) is 8.22. The van der Waals surface area contributed by atoms with Crippen LogP contribution in [-0.2, 0) is 4.79 Å². The van der Waals surface area contributed by atoms with E-state index in [-0.39, 0.29) is 11.8 Å². The number of carbonyl (C=O) groups excluding carboxylic acids is 1. The minimum Gasteiger partial charge on any atom is -0.493 e. The highest BCUT2D eigenvalue weighted by molar-refractivity contribution is 5.86. The highest BCUT2D eigenvalue weighted by atomic mass is 16.5. The molecule has 25 heavy (non-hydrogen) atoms. The summed E-state index contributed by atoms with van der Waals surface area (Å²) in [6.07, 6.45) is 2.54. The van der Waals surface area contributed by atoms with E-state index in [4.69, 9.17) is 9.47 Å². The van der Waals surface area contributed by atoms with Crippen molar-refractivity contribution in [2.24, 2.45) is 11.0 Å². The number of nitrogens with zero attached hydrogens (tertiary/aromatic N) is 2. The molecule has 1 aliphatic carbocycles. The van der Waals surface area contributed by atoms with Crippen molar-refractivity contribution < 1.29 is 14.3 Å². The van der Waals surface area contributed by atoms with Gasteiger partial charge in [-0.1, -0.05) is 30.3 Å². The van der Waals surface area contributed by atoms with Crippen molar-refractivity contribution in [1.82, 2.24) is 5.01 Å². The lowest BCUT2D eigenvalue weighted by Crippen LogP contribution is -2.23. The van der Waals surface area contributed by atoms with Gasteiger partial charge in [-0.15, -0.1) is 0 Å². The molecule has 2 aromatic rings. The molecule has 1 aliphatic rings. The van der Waals surface area contributed by atoms with Crippen LogP contribution in [0.1, 0.15) is 23.5 Å². The van der Waals surface area contributed by atoms with Crippen LogP contribution < -0.4 is 9.47 Å². The van der Waals surface area contributed by atoms with Crippen molar-refractivity contribution in [3.63, 3.8) is 0 Å². The molecule has 0 radical (unpaired) electrons. The van der Waals surface area contributed by atoms with Crippen LogP contribution in [0, 0.1) is 5.92 Å². The van der Waals surface area contributed by atoms with Gasteiger partial charge in [0.25, 0.3) is 0 Å². The van der Waals surface area contributed by atoms with Gasteiger partial charge >= 0.3 is 0 Å². The molecular formula is C20H22N2O3. The van der Waals surface area contributed by atoms with Gasteiger partial charge in [0, 0.05) is 13.0 Å². The number of ether oxygens (including phenoxy) is 2.